The number of nitrogens with two attached hydrogens (primary N) is 1. The molecular weight excluding hydrogens is 247 g/mol. The van der Waals surface area contributed by atoms with Crippen LogP contribution in [-0.4, -0.2) is 15.9 Å². The Balaban J connectivity index is 2.10. The topological polar surface area (TPSA) is 80.9 Å². The lowest BCUT2D eigenvalue weighted by molar-refractivity contribution is 0.0947. The maximum absolute atomic E-state index is 13.6. The molecule has 0 radical (unpaired) electrons. The van der Waals surface area contributed by atoms with Gasteiger partial charge in [-0.25, -0.2) is 9.37 Å². The molecule has 2 rings (SSSR count). The molecule has 0 aromatic carbocycles. The van der Waals surface area contributed by atoms with Gasteiger partial charge in [-0.1, -0.05) is 0 Å². The highest BCUT2D eigenvalue weighted by Gasteiger charge is 2.14. The number of carbonyl (C=O) groups excluding carboxylic acids is 1. The van der Waals surface area contributed by atoms with Gasteiger partial charge >= 0.3 is 0 Å². The van der Waals surface area contributed by atoms with E-state index in [1.807, 2.05) is 6.92 Å². The number of carbonyl (C=O) groups is 1. The molecule has 5 nitrogen and oxygen atoms in total. The van der Waals surface area contributed by atoms with Gasteiger partial charge in [-0.2, -0.15) is 0 Å². The average molecular weight is 260 g/mol. The van der Waals surface area contributed by atoms with Gasteiger partial charge in [0.25, 0.3) is 5.91 Å². The monoisotopic (exact) mass is 260 g/mol. The first-order chi connectivity index (χ1) is 9.09. The molecule has 2 heterocycles. The zero-order chi connectivity index (χ0) is 13.8. The van der Waals surface area contributed by atoms with E-state index >= 15 is 0 Å². The van der Waals surface area contributed by atoms with Crippen molar-refractivity contribution >= 4 is 11.7 Å². The number of amides is 1. The summed E-state index contributed by atoms with van der Waals surface area (Å²) in [6.07, 6.45) is 4.64. The molecule has 0 bridgehead atoms. The third-order valence-corrected chi connectivity index (χ3v) is 2.74. The van der Waals surface area contributed by atoms with Crippen LogP contribution in [0.5, 0.6) is 0 Å². The smallest absolute Gasteiger partial charge is 0.254 e. The fourth-order valence-corrected chi connectivity index (χ4v) is 1.61. The molecule has 0 spiro atoms. The quantitative estimate of drug-likeness (QED) is 0.875. The van der Waals surface area contributed by atoms with Crippen LogP contribution in [0, 0.1) is 12.7 Å². The Morgan fingerprint density at radius 2 is 2.21 bits per heavy atom. The van der Waals surface area contributed by atoms with Gasteiger partial charge in [0.15, 0.2) is 11.6 Å². The molecule has 19 heavy (non-hydrogen) atoms. The first-order valence-electron chi connectivity index (χ1n) is 5.67. The SMILES string of the molecule is Cc1cnccc1CNC(=O)c1ccnc(N)c1F. The molecular formula is C13H13FN4O. The fraction of sp³-hybridized carbons (Fsp3) is 0.154. The Bertz CT molecular complexity index is 615. The van der Waals surface area contributed by atoms with E-state index in [1.54, 1.807) is 18.5 Å². The maximum Gasteiger partial charge on any atom is 0.254 e. The normalized spacial score (nSPS) is 10.2. The van der Waals surface area contributed by atoms with Crippen molar-refractivity contribution in [1.29, 1.82) is 0 Å². The third kappa shape index (κ3) is 2.85. The number of aryl methyl sites for hydroxylation is 1. The van der Waals surface area contributed by atoms with E-state index in [1.165, 1.54) is 12.3 Å². The second kappa shape index (κ2) is 5.43. The van der Waals surface area contributed by atoms with Gasteiger partial charge in [-0.3, -0.25) is 9.78 Å². The second-order valence-corrected chi connectivity index (χ2v) is 4.04. The highest BCUT2D eigenvalue weighted by atomic mass is 19.1. The maximum atomic E-state index is 13.6. The molecule has 0 fully saturated rings. The highest BCUT2D eigenvalue weighted by molar-refractivity contribution is 5.95. The molecule has 1 amide bonds. The molecule has 98 valence electrons. The Hall–Kier alpha value is -2.50. The van der Waals surface area contributed by atoms with Gasteiger partial charge in [0.05, 0.1) is 5.56 Å². The summed E-state index contributed by atoms with van der Waals surface area (Å²) in [5.41, 5.74) is 7.08. The molecule has 0 aliphatic carbocycles. The first-order valence-corrected chi connectivity index (χ1v) is 5.67. The van der Waals surface area contributed by atoms with Crippen LogP contribution in [0.25, 0.3) is 0 Å². The summed E-state index contributed by atoms with van der Waals surface area (Å²) in [4.78, 5) is 19.4. The minimum atomic E-state index is -0.800. The average Bonchev–Trinajstić information content (AvgIpc) is 2.40. The van der Waals surface area contributed by atoms with Crippen LogP contribution in [0.1, 0.15) is 21.5 Å². The van der Waals surface area contributed by atoms with Crippen LogP contribution in [0.3, 0.4) is 0 Å². The largest absolute Gasteiger partial charge is 0.381 e. The molecule has 0 atom stereocenters. The van der Waals surface area contributed by atoms with E-state index in [0.29, 0.717) is 6.54 Å². The number of aromatic nitrogens is 2. The van der Waals surface area contributed by atoms with Crippen LogP contribution in [-0.2, 0) is 6.54 Å². The van der Waals surface area contributed by atoms with Crippen molar-refractivity contribution in [2.24, 2.45) is 0 Å². The summed E-state index contributed by atoms with van der Waals surface area (Å²) >= 11 is 0. The molecule has 3 N–H and O–H groups in total. The number of anilines is 1. The minimum Gasteiger partial charge on any atom is -0.381 e. The van der Waals surface area contributed by atoms with Crippen molar-refractivity contribution in [1.82, 2.24) is 15.3 Å². The number of nitrogens with one attached hydrogen (secondary N) is 1. The predicted molar refractivity (Wildman–Crippen MR) is 68.8 cm³/mol. The fourth-order valence-electron chi connectivity index (χ4n) is 1.61. The highest BCUT2D eigenvalue weighted by Crippen LogP contribution is 2.12. The lowest BCUT2D eigenvalue weighted by Crippen LogP contribution is -2.24. The molecule has 0 saturated carbocycles. The zero-order valence-corrected chi connectivity index (χ0v) is 10.4. The Labute approximate surface area is 109 Å². The van der Waals surface area contributed by atoms with E-state index in [2.05, 4.69) is 15.3 Å². The number of hydrogen-bond acceptors (Lipinski definition) is 4. The lowest BCUT2D eigenvalue weighted by atomic mass is 10.1. The second-order valence-electron chi connectivity index (χ2n) is 4.04. The number of hydrogen-bond donors (Lipinski definition) is 2. The van der Waals surface area contributed by atoms with E-state index in [-0.39, 0.29) is 11.4 Å². The molecule has 0 aliphatic heterocycles. The van der Waals surface area contributed by atoms with Crippen molar-refractivity contribution in [3.63, 3.8) is 0 Å². The van der Waals surface area contributed by atoms with Crippen molar-refractivity contribution in [3.8, 4) is 0 Å². The number of nitrogens with zero attached hydrogens (tertiary/aromatic N) is 2. The van der Waals surface area contributed by atoms with E-state index in [4.69, 9.17) is 5.73 Å². The Kier molecular flexibility index (Phi) is 3.70. The van der Waals surface area contributed by atoms with Gasteiger partial charge in [-0.05, 0) is 30.2 Å². The summed E-state index contributed by atoms with van der Waals surface area (Å²) in [5.74, 6) is -1.61. The summed E-state index contributed by atoms with van der Waals surface area (Å²) in [6, 6.07) is 3.09. The molecule has 0 unspecified atom stereocenters. The first kappa shape index (κ1) is 12.9. The van der Waals surface area contributed by atoms with Gasteiger partial charge in [0.1, 0.15) is 0 Å². The third-order valence-electron chi connectivity index (χ3n) is 2.74. The van der Waals surface area contributed by atoms with Gasteiger partial charge in [0, 0.05) is 25.1 Å². The predicted octanol–water partition coefficient (Wildman–Crippen LogP) is 1.44. The molecule has 0 aliphatic rings. The molecule has 6 heteroatoms. The van der Waals surface area contributed by atoms with Crippen molar-refractivity contribution in [2.45, 2.75) is 13.5 Å². The Morgan fingerprint density at radius 1 is 1.42 bits per heavy atom. The van der Waals surface area contributed by atoms with E-state index in [9.17, 15) is 9.18 Å². The summed E-state index contributed by atoms with van der Waals surface area (Å²) < 4.78 is 13.6. The van der Waals surface area contributed by atoms with Gasteiger partial charge in [-0.15, -0.1) is 0 Å². The van der Waals surface area contributed by atoms with Crippen LogP contribution in [0.15, 0.2) is 30.7 Å². The van der Waals surface area contributed by atoms with Gasteiger partial charge < -0.3 is 11.1 Å². The Morgan fingerprint density at radius 3 is 2.95 bits per heavy atom. The number of pyridine rings is 2. The number of halogens is 1. The minimum absolute atomic E-state index is 0.112. The van der Waals surface area contributed by atoms with Crippen molar-refractivity contribution < 1.29 is 9.18 Å². The summed E-state index contributed by atoms with van der Waals surface area (Å²) in [6.45, 7) is 2.19. The number of rotatable bonds is 3. The summed E-state index contributed by atoms with van der Waals surface area (Å²) in [5, 5.41) is 2.63. The van der Waals surface area contributed by atoms with Crippen LogP contribution < -0.4 is 11.1 Å². The summed E-state index contributed by atoms with van der Waals surface area (Å²) in [7, 11) is 0. The van der Waals surface area contributed by atoms with Crippen molar-refractivity contribution in [2.75, 3.05) is 5.73 Å². The molecule has 2 aromatic heterocycles. The van der Waals surface area contributed by atoms with Crippen LogP contribution in [0.2, 0.25) is 0 Å². The van der Waals surface area contributed by atoms with Gasteiger partial charge in [0.2, 0.25) is 0 Å². The van der Waals surface area contributed by atoms with Crippen LogP contribution >= 0.6 is 0 Å². The zero-order valence-electron chi connectivity index (χ0n) is 10.4. The molecule has 0 saturated heterocycles. The standard InChI is InChI=1S/C13H13FN4O/c1-8-6-16-4-2-9(8)7-18-13(19)10-3-5-17-12(15)11(10)14/h2-6H,7H2,1H3,(H2,15,17)(H,18,19). The van der Waals surface area contributed by atoms with E-state index in [0.717, 1.165) is 11.1 Å². The van der Waals surface area contributed by atoms with Crippen molar-refractivity contribution in [3.05, 3.63) is 53.2 Å². The lowest BCUT2D eigenvalue weighted by Gasteiger charge is -2.08. The number of nitrogen functional groups attached to an aromatic ring is 1. The molecule has 2 aromatic rings. The van der Waals surface area contributed by atoms with E-state index < -0.39 is 11.7 Å². The van der Waals surface area contributed by atoms with Crippen LogP contribution in [0.4, 0.5) is 10.2 Å².